The monoisotopic (exact) mass is 798 g/mol. The van der Waals surface area contributed by atoms with Crippen LogP contribution in [0, 0.1) is 6.92 Å². The smallest absolute Gasteiger partial charge is 0.00262 e. The van der Waals surface area contributed by atoms with Crippen molar-refractivity contribution in [3.05, 3.63) is 241 Å². The van der Waals surface area contributed by atoms with Crippen LogP contribution in [0.5, 0.6) is 0 Å². The Kier molecular flexibility index (Phi) is 8.83. The first-order valence-electron chi connectivity index (χ1n) is 21.9. The summed E-state index contributed by atoms with van der Waals surface area (Å²) in [7, 11) is 0. The lowest BCUT2D eigenvalue weighted by Gasteiger charge is -2.19. The van der Waals surface area contributed by atoms with Gasteiger partial charge >= 0.3 is 0 Å². The third-order valence-electron chi connectivity index (χ3n) is 13.0. The number of benzene rings is 12. The fourth-order valence-electron chi connectivity index (χ4n) is 10.1. The van der Waals surface area contributed by atoms with Gasteiger partial charge in [0.2, 0.25) is 0 Å². The fourth-order valence-corrected chi connectivity index (χ4v) is 10.1. The van der Waals surface area contributed by atoms with Crippen LogP contribution >= 0.6 is 0 Å². The van der Waals surface area contributed by atoms with E-state index in [9.17, 15) is 0 Å². The largest absolute Gasteiger partial charge is 0.0622 e. The number of hydrogen-bond donors (Lipinski definition) is 0. The second-order valence-electron chi connectivity index (χ2n) is 16.9. The molecule has 63 heavy (non-hydrogen) atoms. The van der Waals surface area contributed by atoms with Crippen LogP contribution in [-0.4, -0.2) is 0 Å². The number of fused-ring (bicyclic) bond motifs is 6. The maximum atomic E-state index is 2.39. The maximum Gasteiger partial charge on any atom is -0.00262 e. The van der Waals surface area contributed by atoms with Gasteiger partial charge in [-0.3, -0.25) is 0 Å². The minimum Gasteiger partial charge on any atom is -0.0622 e. The number of hydrogen-bond acceptors (Lipinski definition) is 0. The van der Waals surface area contributed by atoms with Crippen LogP contribution in [0.1, 0.15) is 16.7 Å². The lowest BCUT2D eigenvalue weighted by Crippen LogP contribution is -1.92. The van der Waals surface area contributed by atoms with Crippen molar-refractivity contribution in [3.8, 4) is 44.5 Å². The first kappa shape index (κ1) is 36.8. The molecule has 0 amide bonds. The third-order valence-corrected chi connectivity index (χ3v) is 13.0. The molecule has 0 heteroatoms. The summed E-state index contributed by atoms with van der Waals surface area (Å²) in [5.41, 5.74) is 13.7. The predicted molar refractivity (Wildman–Crippen MR) is 273 cm³/mol. The summed E-state index contributed by atoms with van der Waals surface area (Å²) in [5.74, 6) is 0. The van der Waals surface area contributed by atoms with Gasteiger partial charge in [0.25, 0.3) is 0 Å². The summed E-state index contributed by atoms with van der Waals surface area (Å²) >= 11 is 0. The van der Waals surface area contributed by atoms with E-state index in [1.54, 1.807) is 0 Å². The third kappa shape index (κ3) is 6.39. The molecule has 12 rings (SSSR count). The quantitative estimate of drug-likeness (QED) is 0.116. The second kappa shape index (κ2) is 15.1. The predicted octanol–water partition coefficient (Wildman–Crippen LogP) is 17.8. The van der Waals surface area contributed by atoms with Crippen molar-refractivity contribution < 1.29 is 0 Å². The van der Waals surface area contributed by atoms with Gasteiger partial charge in [-0.05, 0) is 151 Å². The topological polar surface area (TPSA) is 0 Å². The fraction of sp³-hybridized carbons (Fsp3) is 0.0159. The molecule has 0 radical (unpaired) electrons. The molecule has 12 aromatic carbocycles. The van der Waals surface area contributed by atoms with E-state index in [0.717, 1.165) is 0 Å². The Bertz CT molecular complexity index is 3680. The molecular formula is C63H42. The van der Waals surface area contributed by atoms with E-state index in [1.807, 2.05) is 0 Å². The van der Waals surface area contributed by atoms with Crippen molar-refractivity contribution >= 4 is 76.8 Å². The van der Waals surface area contributed by atoms with E-state index < -0.39 is 0 Å². The summed E-state index contributed by atoms with van der Waals surface area (Å²) in [6.07, 6.45) is 4.40. The van der Waals surface area contributed by atoms with Gasteiger partial charge < -0.3 is 0 Å². The zero-order valence-electron chi connectivity index (χ0n) is 35.0. The molecule has 0 nitrogen and oxygen atoms in total. The van der Waals surface area contributed by atoms with Crippen molar-refractivity contribution in [3.63, 3.8) is 0 Å². The Labute approximate surface area is 367 Å². The minimum atomic E-state index is 1.18. The normalized spacial score (nSPS) is 11.8. The lowest BCUT2D eigenvalue weighted by molar-refractivity contribution is 1.51. The average molecular weight is 799 g/mol. The molecule has 0 bridgehead atoms. The average Bonchev–Trinajstić information content (AvgIpc) is 3.34. The first-order valence-corrected chi connectivity index (χ1v) is 21.9. The number of aryl methyl sites for hydroxylation is 1. The molecular weight excluding hydrogens is 757 g/mol. The van der Waals surface area contributed by atoms with E-state index in [-0.39, 0.29) is 0 Å². The van der Waals surface area contributed by atoms with Crippen LogP contribution in [0.2, 0.25) is 0 Å². The van der Waals surface area contributed by atoms with Crippen LogP contribution in [0.4, 0.5) is 0 Å². The molecule has 294 valence electrons. The highest BCUT2D eigenvalue weighted by atomic mass is 14.2. The molecule has 0 saturated carbocycles. The Morgan fingerprint density at radius 1 is 0.238 bits per heavy atom. The minimum absolute atomic E-state index is 1.18. The van der Waals surface area contributed by atoms with Crippen LogP contribution in [0.25, 0.3) is 121 Å². The second-order valence-corrected chi connectivity index (χ2v) is 16.9. The molecule has 0 aromatic heterocycles. The van der Waals surface area contributed by atoms with Gasteiger partial charge in [-0.1, -0.05) is 218 Å². The lowest BCUT2D eigenvalue weighted by atomic mass is 9.84. The molecule has 0 aliphatic rings. The first-order chi connectivity index (χ1) is 31.1. The maximum absolute atomic E-state index is 2.39. The Hall–Kier alpha value is -8.06. The van der Waals surface area contributed by atoms with Gasteiger partial charge in [0.05, 0.1) is 0 Å². The molecule has 0 unspecified atom stereocenters. The van der Waals surface area contributed by atoms with Crippen molar-refractivity contribution in [1.82, 2.24) is 0 Å². The number of rotatable bonds is 6. The van der Waals surface area contributed by atoms with Gasteiger partial charge in [0, 0.05) is 0 Å². The van der Waals surface area contributed by atoms with Crippen LogP contribution in [0.15, 0.2) is 224 Å². The zero-order chi connectivity index (χ0) is 41.9. The molecule has 0 saturated heterocycles. The SMILES string of the molecule is Cc1ccc2cc(-c3c4ccccc4c(-c4ccc5cc(-c6c7ccccc7c(-c7cccc(/C=C/c8ccccc8)c7)c7ccccc67)ccc5c4)c4ccccc34)ccc2c1. The van der Waals surface area contributed by atoms with E-state index in [1.165, 1.54) is 126 Å². The molecule has 12 aromatic rings. The van der Waals surface area contributed by atoms with Gasteiger partial charge in [-0.15, -0.1) is 0 Å². The van der Waals surface area contributed by atoms with Crippen LogP contribution < -0.4 is 0 Å². The Morgan fingerprint density at radius 3 is 0.968 bits per heavy atom. The van der Waals surface area contributed by atoms with E-state index in [0.29, 0.717) is 0 Å². The highest BCUT2D eigenvalue weighted by Crippen LogP contribution is 2.47. The molecule has 0 aliphatic heterocycles. The van der Waals surface area contributed by atoms with Crippen molar-refractivity contribution in [2.24, 2.45) is 0 Å². The van der Waals surface area contributed by atoms with Gasteiger partial charge in [-0.25, -0.2) is 0 Å². The summed E-state index contributed by atoms with van der Waals surface area (Å²) in [4.78, 5) is 0. The van der Waals surface area contributed by atoms with Crippen LogP contribution in [0.3, 0.4) is 0 Å². The van der Waals surface area contributed by atoms with E-state index >= 15 is 0 Å². The van der Waals surface area contributed by atoms with E-state index in [2.05, 4.69) is 244 Å². The Morgan fingerprint density at radius 2 is 0.556 bits per heavy atom. The standard InChI is InChI=1S/C63H42/c1-41-26-29-45-38-49(33-30-44(45)36-41)61-56-22-9-11-24-58(56)63(59-25-12-10-23-57(59)61)51-35-32-46-39-50(34-31-47(46)40-51)62-54-20-7-5-18-52(54)60(53-19-6-8-21-55(53)62)48-17-13-16-43(37-48)28-27-42-14-3-2-4-15-42/h2-40H,1H3/b28-27+. The molecule has 0 spiro atoms. The van der Waals surface area contributed by atoms with Crippen molar-refractivity contribution in [2.45, 2.75) is 6.92 Å². The molecule has 0 aliphatic carbocycles. The van der Waals surface area contributed by atoms with Gasteiger partial charge in [0.1, 0.15) is 0 Å². The zero-order valence-corrected chi connectivity index (χ0v) is 35.0. The molecule has 0 fully saturated rings. The summed E-state index contributed by atoms with van der Waals surface area (Å²) < 4.78 is 0. The highest BCUT2D eigenvalue weighted by Gasteiger charge is 2.19. The van der Waals surface area contributed by atoms with Crippen molar-refractivity contribution in [2.75, 3.05) is 0 Å². The highest BCUT2D eigenvalue weighted by molar-refractivity contribution is 6.23. The summed E-state index contributed by atoms with van der Waals surface area (Å²) in [6, 6.07) is 83.0. The molecule has 0 N–H and O–H groups in total. The van der Waals surface area contributed by atoms with Crippen LogP contribution in [-0.2, 0) is 0 Å². The summed E-state index contributed by atoms with van der Waals surface area (Å²) in [6.45, 7) is 2.16. The van der Waals surface area contributed by atoms with Gasteiger partial charge in [0.15, 0.2) is 0 Å². The van der Waals surface area contributed by atoms with Gasteiger partial charge in [-0.2, -0.15) is 0 Å². The van der Waals surface area contributed by atoms with Crippen molar-refractivity contribution in [1.29, 1.82) is 0 Å². The van der Waals surface area contributed by atoms with E-state index in [4.69, 9.17) is 0 Å². The molecule has 0 heterocycles. The Balaban J connectivity index is 0.991. The molecule has 0 atom stereocenters. The summed E-state index contributed by atoms with van der Waals surface area (Å²) in [5, 5.41) is 15.1.